The Kier molecular flexibility index (Phi) is 6.35. The zero-order valence-corrected chi connectivity index (χ0v) is 12.8. The van der Waals surface area contributed by atoms with Crippen molar-refractivity contribution in [2.75, 3.05) is 31.9 Å². The molecule has 1 aromatic heterocycles. The fourth-order valence-corrected chi connectivity index (χ4v) is 3.01. The molecule has 0 amide bonds. The molecular weight excluding hydrogens is 268 g/mol. The SMILES string of the molecule is CC(C)N1CCCN(Cc2cnc(N)s2)CC1.Cl. The first-order valence-electron chi connectivity index (χ1n) is 6.31. The van der Waals surface area contributed by atoms with Gasteiger partial charge in [0.05, 0.1) is 0 Å². The van der Waals surface area contributed by atoms with Gasteiger partial charge in [0.2, 0.25) is 0 Å². The number of nitrogen functional groups attached to an aromatic ring is 1. The molecule has 18 heavy (non-hydrogen) atoms. The summed E-state index contributed by atoms with van der Waals surface area (Å²) < 4.78 is 0. The minimum Gasteiger partial charge on any atom is -0.375 e. The first-order chi connectivity index (χ1) is 8.15. The quantitative estimate of drug-likeness (QED) is 0.926. The van der Waals surface area contributed by atoms with Gasteiger partial charge in [0.1, 0.15) is 0 Å². The van der Waals surface area contributed by atoms with Crippen LogP contribution in [0.5, 0.6) is 0 Å². The Labute approximate surface area is 120 Å². The third-order valence-electron chi connectivity index (χ3n) is 3.30. The molecule has 2 rings (SSSR count). The fraction of sp³-hybridized carbons (Fsp3) is 0.750. The van der Waals surface area contributed by atoms with Crippen LogP contribution in [-0.4, -0.2) is 47.0 Å². The Morgan fingerprint density at radius 1 is 1.33 bits per heavy atom. The standard InChI is InChI=1S/C12H22N4S.ClH/c1-10(2)16-5-3-4-15(6-7-16)9-11-8-14-12(13)17-11;/h8,10H,3-7,9H2,1-2H3,(H2,13,14);1H. The number of aromatic nitrogens is 1. The average molecular weight is 291 g/mol. The van der Waals surface area contributed by atoms with Crippen LogP contribution in [0.3, 0.4) is 0 Å². The number of rotatable bonds is 3. The lowest BCUT2D eigenvalue weighted by Crippen LogP contribution is -2.34. The van der Waals surface area contributed by atoms with Gasteiger partial charge < -0.3 is 5.73 Å². The summed E-state index contributed by atoms with van der Waals surface area (Å²) in [5.74, 6) is 0. The van der Waals surface area contributed by atoms with Crippen molar-refractivity contribution in [2.24, 2.45) is 0 Å². The summed E-state index contributed by atoms with van der Waals surface area (Å²) in [4.78, 5) is 10.5. The molecule has 0 aromatic carbocycles. The van der Waals surface area contributed by atoms with E-state index in [4.69, 9.17) is 5.73 Å². The lowest BCUT2D eigenvalue weighted by Gasteiger charge is -2.24. The first-order valence-corrected chi connectivity index (χ1v) is 7.13. The van der Waals surface area contributed by atoms with E-state index in [-0.39, 0.29) is 12.4 Å². The van der Waals surface area contributed by atoms with E-state index in [1.807, 2.05) is 6.20 Å². The van der Waals surface area contributed by atoms with Crippen molar-refractivity contribution >= 4 is 28.9 Å². The molecule has 0 bridgehead atoms. The van der Waals surface area contributed by atoms with Crippen molar-refractivity contribution < 1.29 is 0 Å². The lowest BCUT2D eigenvalue weighted by atomic mass is 10.3. The number of nitrogens with zero attached hydrogens (tertiary/aromatic N) is 3. The summed E-state index contributed by atoms with van der Waals surface area (Å²) in [6.45, 7) is 10.3. The maximum absolute atomic E-state index is 5.66. The van der Waals surface area contributed by atoms with Crippen LogP contribution in [0.2, 0.25) is 0 Å². The van der Waals surface area contributed by atoms with E-state index in [9.17, 15) is 0 Å². The molecular formula is C12H23ClN4S. The van der Waals surface area contributed by atoms with Gasteiger partial charge in [-0.1, -0.05) is 0 Å². The van der Waals surface area contributed by atoms with E-state index in [1.165, 1.54) is 30.9 Å². The molecule has 6 heteroatoms. The number of hydrogen-bond donors (Lipinski definition) is 1. The Morgan fingerprint density at radius 3 is 2.72 bits per heavy atom. The smallest absolute Gasteiger partial charge is 0.180 e. The van der Waals surface area contributed by atoms with Crippen molar-refractivity contribution in [3.63, 3.8) is 0 Å². The summed E-state index contributed by atoms with van der Waals surface area (Å²) in [5, 5.41) is 0.679. The van der Waals surface area contributed by atoms with Gasteiger partial charge in [0.25, 0.3) is 0 Å². The van der Waals surface area contributed by atoms with Crippen LogP contribution in [0.4, 0.5) is 5.13 Å². The highest BCUT2D eigenvalue weighted by atomic mass is 35.5. The van der Waals surface area contributed by atoms with Gasteiger partial charge in [-0.05, 0) is 33.4 Å². The zero-order valence-electron chi connectivity index (χ0n) is 11.1. The van der Waals surface area contributed by atoms with Crippen molar-refractivity contribution in [3.05, 3.63) is 11.1 Å². The van der Waals surface area contributed by atoms with Crippen molar-refractivity contribution in [1.29, 1.82) is 0 Å². The van der Waals surface area contributed by atoms with Gasteiger partial charge in [0, 0.05) is 36.8 Å². The second-order valence-corrected chi connectivity index (χ2v) is 6.07. The van der Waals surface area contributed by atoms with Crippen molar-refractivity contribution in [2.45, 2.75) is 32.9 Å². The normalized spacial score (nSPS) is 18.6. The maximum atomic E-state index is 5.66. The molecule has 1 fully saturated rings. The van der Waals surface area contributed by atoms with Crippen LogP contribution in [0, 0.1) is 0 Å². The molecule has 4 nitrogen and oxygen atoms in total. The molecule has 1 saturated heterocycles. The topological polar surface area (TPSA) is 45.4 Å². The Balaban J connectivity index is 0.00000162. The van der Waals surface area contributed by atoms with Crippen LogP contribution in [-0.2, 0) is 6.54 Å². The molecule has 1 aliphatic rings. The number of thiazole rings is 1. The van der Waals surface area contributed by atoms with Crippen LogP contribution >= 0.6 is 23.7 Å². The van der Waals surface area contributed by atoms with Gasteiger partial charge in [-0.2, -0.15) is 0 Å². The van der Waals surface area contributed by atoms with Crippen LogP contribution in [0.1, 0.15) is 25.1 Å². The molecule has 1 aliphatic heterocycles. The Morgan fingerprint density at radius 2 is 2.11 bits per heavy atom. The maximum Gasteiger partial charge on any atom is 0.180 e. The highest BCUT2D eigenvalue weighted by Gasteiger charge is 2.17. The highest BCUT2D eigenvalue weighted by Crippen LogP contribution is 2.17. The summed E-state index contributed by atoms with van der Waals surface area (Å²) in [5.41, 5.74) is 5.66. The zero-order chi connectivity index (χ0) is 12.3. The third kappa shape index (κ3) is 4.39. The largest absolute Gasteiger partial charge is 0.375 e. The lowest BCUT2D eigenvalue weighted by molar-refractivity contribution is 0.218. The fourth-order valence-electron chi connectivity index (χ4n) is 2.28. The molecule has 2 heterocycles. The van der Waals surface area contributed by atoms with Gasteiger partial charge in [0.15, 0.2) is 5.13 Å². The number of anilines is 1. The minimum atomic E-state index is 0. The summed E-state index contributed by atoms with van der Waals surface area (Å²) >= 11 is 1.61. The predicted octanol–water partition coefficient (Wildman–Crippen LogP) is 2.06. The van der Waals surface area contributed by atoms with Gasteiger partial charge >= 0.3 is 0 Å². The molecule has 2 N–H and O–H groups in total. The van der Waals surface area contributed by atoms with Crippen LogP contribution in [0.25, 0.3) is 0 Å². The molecule has 104 valence electrons. The van der Waals surface area contributed by atoms with E-state index >= 15 is 0 Å². The molecule has 0 saturated carbocycles. The molecule has 0 aliphatic carbocycles. The average Bonchev–Trinajstić information content (AvgIpc) is 2.54. The third-order valence-corrected chi connectivity index (χ3v) is 4.12. The van der Waals surface area contributed by atoms with Crippen molar-refractivity contribution in [1.82, 2.24) is 14.8 Å². The molecule has 0 unspecified atom stereocenters. The van der Waals surface area contributed by atoms with E-state index in [1.54, 1.807) is 11.3 Å². The molecule has 0 radical (unpaired) electrons. The van der Waals surface area contributed by atoms with Crippen LogP contribution < -0.4 is 5.73 Å². The summed E-state index contributed by atoms with van der Waals surface area (Å²) in [7, 11) is 0. The molecule has 0 spiro atoms. The number of halogens is 1. The number of hydrogen-bond acceptors (Lipinski definition) is 5. The van der Waals surface area contributed by atoms with Gasteiger partial charge in [-0.3, -0.25) is 9.80 Å². The summed E-state index contributed by atoms with van der Waals surface area (Å²) in [6, 6.07) is 0.661. The second kappa shape index (κ2) is 7.28. The van der Waals surface area contributed by atoms with Crippen LogP contribution in [0.15, 0.2) is 6.20 Å². The Bertz CT molecular complexity index is 356. The second-order valence-electron chi connectivity index (χ2n) is 4.92. The summed E-state index contributed by atoms with van der Waals surface area (Å²) in [6.07, 6.45) is 3.16. The molecule has 0 atom stereocenters. The van der Waals surface area contributed by atoms with E-state index < -0.39 is 0 Å². The van der Waals surface area contributed by atoms with Crippen molar-refractivity contribution in [3.8, 4) is 0 Å². The number of nitrogens with two attached hydrogens (primary N) is 1. The van der Waals surface area contributed by atoms with Gasteiger partial charge in [-0.25, -0.2) is 4.98 Å². The highest BCUT2D eigenvalue weighted by molar-refractivity contribution is 7.15. The monoisotopic (exact) mass is 290 g/mol. The predicted molar refractivity (Wildman–Crippen MR) is 80.4 cm³/mol. The van der Waals surface area contributed by atoms with E-state index in [0.717, 1.165) is 13.1 Å². The van der Waals surface area contributed by atoms with E-state index in [0.29, 0.717) is 11.2 Å². The molecule has 1 aromatic rings. The Hall–Kier alpha value is -0.360. The van der Waals surface area contributed by atoms with Gasteiger partial charge in [-0.15, -0.1) is 23.7 Å². The van der Waals surface area contributed by atoms with E-state index in [2.05, 4.69) is 28.6 Å². The first kappa shape index (κ1) is 15.7. The minimum absolute atomic E-state index is 0.